The van der Waals surface area contributed by atoms with Gasteiger partial charge in [-0.15, -0.1) is 0 Å². The van der Waals surface area contributed by atoms with Gasteiger partial charge in [0.25, 0.3) is 11.8 Å². The average Bonchev–Trinajstić information content (AvgIpc) is 2.73. The van der Waals surface area contributed by atoms with E-state index in [1.54, 1.807) is 36.4 Å². The molecule has 3 rings (SSSR count). The van der Waals surface area contributed by atoms with E-state index in [0.29, 0.717) is 23.5 Å². The molecule has 0 aliphatic rings. The molecule has 0 radical (unpaired) electrons. The lowest BCUT2D eigenvalue weighted by molar-refractivity contribution is -0.690. The van der Waals surface area contributed by atoms with Crippen LogP contribution in [-0.2, 0) is 11.3 Å². The number of hydrogen-bond donors (Lipinski definition) is 2. The van der Waals surface area contributed by atoms with E-state index in [4.69, 9.17) is 4.74 Å². The van der Waals surface area contributed by atoms with Gasteiger partial charge in [-0.3, -0.25) is 9.59 Å². The fourth-order valence-electron chi connectivity index (χ4n) is 2.99. The summed E-state index contributed by atoms with van der Waals surface area (Å²) in [6.07, 6.45) is 1.89. The van der Waals surface area contributed by atoms with Gasteiger partial charge in [-0.25, -0.2) is 0 Å². The number of carbonyl (C=O) groups excluding carboxylic acids is 2. The van der Waals surface area contributed by atoms with Crippen LogP contribution in [0.3, 0.4) is 0 Å². The topological polar surface area (TPSA) is 71.3 Å². The van der Waals surface area contributed by atoms with E-state index >= 15 is 0 Å². The van der Waals surface area contributed by atoms with Gasteiger partial charge >= 0.3 is 0 Å². The number of benzene rings is 2. The van der Waals surface area contributed by atoms with Gasteiger partial charge in [-0.05, 0) is 68.4 Å². The van der Waals surface area contributed by atoms with Gasteiger partial charge in [0.1, 0.15) is 5.75 Å². The quantitative estimate of drug-likeness (QED) is 0.587. The number of aryl methyl sites for hydroxylation is 1. The number of amides is 2. The highest BCUT2D eigenvalue weighted by molar-refractivity contribution is 6.04. The largest absolute Gasteiger partial charge is 0.494 e. The Morgan fingerprint density at radius 1 is 0.900 bits per heavy atom. The molecular formula is C24H26N3O3+. The second kappa shape index (κ2) is 9.69. The number of aromatic nitrogens is 1. The Morgan fingerprint density at radius 3 is 2.20 bits per heavy atom. The molecule has 154 valence electrons. The highest BCUT2D eigenvalue weighted by Gasteiger charge is 2.14. The summed E-state index contributed by atoms with van der Waals surface area (Å²) >= 11 is 0. The second-order valence-corrected chi connectivity index (χ2v) is 6.94. The molecule has 0 aliphatic heterocycles. The van der Waals surface area contributed by atoms with Crippen LogP contribution in [0.1, 0.15) is 28.5 Å². The number of nitrogens with one attached hydrogen (secondary N) is 2. The van der Waals surface area contributed by atoms with Crippen molar-refractivity contribution in [2.75, 3.05) is 17.2 Å². The van der Waals surface area contributed by atoms with Crippen molar-refractivity contribution < 1.29 is 18.9 Å². The van der Waals surface area contributed by atoms with Crippen LogP contribution in [0.2, 0.25) is 0 Å². The van der Waals surface area contributed by atoms with Crippen LogP contribution in [0.15, 0.2) is 66.9 Å². The lowest BCUT2D eigenvalue weighted by Crippen LogP contribution is -2.43. The van der Waals surface area contributed by atoms with Crippen molar-refractivity contribution in [1.82, 2.24) is 0 Å². The average molecular weight is 404 g/mol. The standard InChI is InChI=1S/C24H25N3O3/c1-4-30-22-13-11-21(12-14-22)26-24(29)19-7-9-20(10-8-19)25-23(28)16-27-15-5-6-17(2)18(27)3/h5-15H,4,16H2,1-3H3,(H-,25,26,28,29)/p+1. The molecular weight excluding hydrogens is 378 g/mol. The third-order valence-corrected chi connectivity index (χ3v) is 4.78. The first-order valence-electron chi connectivity index (χ1n) is 9.86. The third kappa shape index (κ3) is 5.44. The number of rotatable bonds is 7. The Balaban J connectivity index is 1.58. The van der Waals surface area contributed by atoms with Gasteiger partial charge in [0.2, 0.25) is 6.54 Å². The van der Waals surface area contributed by atoms with E-state index in [1.165, 1.54) is 0 Å². The zero-order chi connectivity index (χ0) is 21.5. The maximum Gasteiger partial charge on any atom is 0.290 e. The minimum atomic E-state index is -0.219. The van der Waals surface area contributed by atoms with Crippen LogP contribution >= 0.6 is 0 Å². The first-order chi connectivity index (χ1) is 14.5. The Bertz CT molecular complexity index is 1030. The minimum Gasteiger partial charge on any atom is -0.494 e. The van der Waals surface area contributed by atoms with Crippen LogP contribution < -0.4 is 19.9 Å². The predicted octanol–water partition coefficient (Wildman–Crippen LogP) is 3.88. The van der Waals surface area contributed by atoms with Crippen molar-refractivity contribution in [3.05, 3.63) is 83.7 Å². The van der Waals surface area contributed by atoms with E-state index in [1.807, 2.05) is 55.8 Å². The number of ether oxygens (including phenoxy) is 1. The Kier molecular flexibility index (Phi) is 6.80. The molecule has 1 aromatic heterocycles. The number of carbonyl (C=O) groups is 2. The zero-order valence-corrected chi connectivity index (χ0v) is 17.4. The SMILES string of the molecule is CCOc1ccc(NC(=O)c2ccc(NC(=O)C[n+]3cccc(C)c3C)cc2)cc1. The van der Waals surface area contributed by atoms with Crippen molar-refractivity contribution in [1.29, 1.82) is 0 Å². The molecule has 0 saturated heterocycles. The van der Waals surface area contributed by atoms with E-state index < -0.39 is 0 Å². The summed E-state index contributed by atoms with van der Waals surface area (Å²) < 4.78 is 7.30. The predicted molar refractivity (Wildman–Crippen MR) is 117 cm³/mol. The normalized spacial score (nSPS) is 10.4. The lowest BCUT2D eigenvalue weighted by atomic mass is 10.2. The van der Waals surface area contributed by atoms with Gasteiger partial charge in [0.15, 0.2) is 11.9 Å². The molecule has 0 spiro atoms. The van der Waals surface area contributed by atoms with E-state index in [9.17, 15) is 9.59 Å². The molecule has 0 unspecified atom stereocenters. The van der Waals surface area contributed by atoms with Gasteiger partial charge in [0.05, 0.1) is 6.61 Å². The molecule has 0 bridgehead atoms. The van der Waals surface area contributed by atoms with E-state index in [2.05, 4.69) is 10.6 Å². The smallest absolute Gasteiger partial charge is 0.290 e. The first-order valence-corrected chi connectivity index (χ1v) is 9.86. The third-order valence-electron chi connectivity index (χ3n) is 4.78. The number of nitrogens with zero attached hydrogens (tertiary/aromatic N) is 1. The van der Waals surface area contributed by atoms with Gasteiger partial charge in [-0.2, -0.15) is 4.57 Å². The zero-order valence-electron chi connectivity index (χ0n) is 17.4. The highest BCUT2D eigenvalue weighted by Crippen LogP contribution is 2.17. The molecule has 6 heteroatoms. The fraction of sp³-hybridized carbons (Fsp3) is 0.208. The molecule has 1 heterocycles. The molecule has 2 amide bonds. The second-order valence-electron chi connectivity index (χ2n) is 6.94. The van der Waals surface area contributed by atoms with Crippen LogP contribution in [0.4, 0.5) is 11.4 Å². The number of hydrogen-bond acceptors (Lipinski definition) is 3. The van der Waals surface area contributed by atoms with Gasteiger partial charge < -0.3 is 15.4 Å². The molecule has 2 N–H and O–H groups in total. The van der Waals surface area contributed by atoms with E-state index in [0.717, 1.165) is 17.0 Å². The van der Waals surface area contributed by atoms with Crippen LogP contribution in [0.25, 0.3) is 0 Å². The molecule has 30 heavy (non-hydrogen) atoms. The fourth-order valence-corrected chi connectivity index (χ4v) is 2.99. The maximum absolute atomic E-state index is 12.4. The van der Waals surface area contributed by atoms with Crippen molar-refractivity contribution in [2.45, 2.75) is 27.3 Å². The molecule has 2 aromatic carbocycles. The van der Waals surface area contributed by atoms with Crippen molar-refractivity contribution in [2.24, 2.45) is 0 Å². The molecule has 6 nitrogen and oxygen atoms in total. The summed E-state index contributed by atoms with van der Waals surface area (Å²) in [5.41, 5.74) is 4.02. The monoisotopic (exact) mass is 404 g/mol. The summed E-state index contributed by atoms with van der Waals surface area (Å²) in [5, 5.41) is 5.71. The van der Waals surface area contributed by atoms with Crippen molar-refractivity contribution >= 4 is 23.2 Å². The Hall–Kier alpha value is -3.67. The Labute approximate surface area is 176 Å². The van der Waals surface area contributed by atoms with Crippen molar-refractivity contribution in [3.8, 4) is 5.75 Å². The lowest BCUT2D eigenvalue weighted by Gasteiger charge is -2.08. The maximum atomic E-state index is 12.4. The summed E-state index contributed by atoms with van der Waals surface area (Å²) in [4.78, 5) is 24.8. The van der Waals surface area contributed by atoms with Gasteiger partial charge in [-0.1, -0.05) is 0 Å². The number of anilines is 2. The summed E-state index contributed by atoms with van der Waals surface area (Å²) in [5.74, 6) is 0.415. The van der Waals surface area contributed by atoms with Crippen molar-refractivity contribution in [3.63, 3.8) is 0 Å². The number of pyridine rings is 1. The first kappa shape index (κ1) is 21.0. The van der Waals surface area contributed by atoms with Crippen LogP contribution in [0, 0.1) is 13.8 Å². The highest BCUT2D eigenvalue weighted by atomic mass is 16.5. The van der Waals surface area contributed by atoms with E-state index in [-0.39, 0.29) is 18.4 Å². The summed E-state index contributed by atoms with van der Waals surface area (Å²) in [6, 6.07) is 18.0. The van der Waals surface area contributed by atoms with Gasteiger partial charge in [0, 0.05) is 35.5 Å². The molecule has 3 aromatic rings. The molecule has 0 aliphatic carbocycles. The summed E-state index contributed by atoms with van der Waals surface area (Å²) in [6.45, 7) is 6.75. The molecule has 0 fully saturated rings. The molecule has 0 atom stereocenters. The Morgan fingerprint density at radius 2 is 1.53 bits per heavy atom. The summed E-state index contributed by atoms with van der Waals surface area (Å²) in [7, 11) is 0. The molecule has 0 saturated carbocycles. The van der Waals surface area contributed by atoms with Crippen LogP contribution in [0.5, 0.6) is 5.75 Å². The minimum absolute atomic E-state index is 0.125. The van der Waals surface area contributed by atoms with Crippen LogP contribution in [-0.4, -0.2) is 18.4 Å².